The summed E-state index contributed by atoms with van der Waals surface area (Å²) in [6.07, 6.45) is 9.93. The SMILES string of the molecule is COCCNC(C)C(C)Cc1ccn(C2CCCCC2)n1. The molecular formula is C17H31N3O. The molecule has 0 bridgehead atoms. The Labute approximate surface area is 129 Å². The number of methoxy groups -OCH3 is 1. The molecule has 4 nitrogen and oxygen atoms in total. The second kappa shape index (κ2) is 8.54. The fourth-order valence-electron chi connectivity index (χ4n) is 3.13. The first-order valence-electron chi connectivity index (χ1n) is 8.47. The van der Waals surface area contributed by atoms with Crippen LogP contribution in [0.3, 0.4) is 0 Å². The van der Waals surface area contributed by atoms with Crippen molar-refractivity contribution in [1.82, 2.24) is 15.1 Å². The van der Waals surface area contributed by atoms with Crippen molar-refractivity contribution in [3.63, 3.8) is 0 Å². The average Bonchev–Trinajstić information content (AvgIpc) is 2.97. The molecule has 1 aromatic rings. The van der Waals surface area contributed by atoms with Gasteiger partial charge in [0.1, 0.15) is 0 Å². The molecule has 120 valence electrons. The van der Waals surface area contributed by atoms with Crippen molar-refractivity contribution >= 4 is 0 Å². The van der Waals surface area contributed by atoms with Crippen LogP contribution >= 0.6 is 0 Å². The number of hydrogen-bond donors (Lipinski definition) is 1. The molecule has 1 aliphatic rings. The van der Waals surface area contributed by atoms with Crippen LogP contribution in [0.5, 0.6) is 0 Å². The highest BCUT2D eigenvalue weighted by atomic mass is 16.5. The molecule has 0 radical (unpaired) electrons. The Hall–Kier alpha value is -0.870. The minimum Gasteiger partial charge on any atom is -0.383 e. The first kappa shape index (κ1) is 16.5. The summed E-state index contributed by atoms with van der Waals surface area (Å²) >= 11 is 0. The zero-order valence-corrected chi connectivity index (χ0v) is 13.8. The fourth-order valence-corrected chi connectivity index (χ4v) is 3.13. The van der Waals surface area contributed by atoms with Gasteiger partial charge in [-0.1, -0.05) is 26.2 Å². The minimum absolute atomic E-state index is 0.486. The van der Waals surface area contributed by atoms with E-state index in [9.17, 15) is 0 Å². The molecule has 0 amide bonds. The molecule has 0 aliphatic heterocycles. The maximum atomic E-state index is 5.08. The lowest BCUT2D eigenvalue weighted by Crippen LogP contribution is -2.35. The monoisotopic (exact) mass is 293 g/mol. The normalized spacial score (nSPS) is 19.6. The first-order chi connectivity index (χ1) is 10.2. The number of hydrogen-bond acceptors (Lipinski definition) is 3. The van der Waals surface area contributed by atoms with Crippen molar-refractivity contribution < 1.29 is 4.74 Å². The van der Waals surface area contributed by atoms with Crippen LogP contribution in [0.2, 0.25) is 0 Å². The summed E-state index contributed by atoms with van der Waals surface area (Å²) in [4.78, 5) is 0. The number of nitrogens with zero attached hydrogens (tertiary/aromatic N) is 2. The van der Waals surface area contributed by atoms with Crippen LogP contribution in [-0.2, 0) is 11.2 Å². The Morgan fingerprint density at radius 1 is 1.33 bits per heavy atom. The van der Waals surface area contributed by atoms with Crippen LogP contribution in [0, 0.1) is 5.92 Å². The van der Waals surface area contributed by atoms with Gasteiger partial charge in [0.2, 0.25) is 0 Å². The van der Waals surface area contributed by atoms with Gasteiger partial charge in [0, 0.05) is 25.9 Å². The van der Waals surface area contributed by atoms with Gasteiger partial charge in [0.25, 0.3) is 0 Å². The lowest BCUT2D eigenvalue weighted by Gasteiger charge is -2.22. The van der Waals surface area contributed by atoms with Crippen molar-refractivity contribution in [3.05, 3.63) is 18.0 Å². The van der Waals surface area contributed by atoms with E-state index in [4.69, 9.17) is 9.84 Å². The molecule has 1 heterocycles. The smallest absolute Gasteiger partial charge is 0.0627 e. The average molecular weight is 293 g/mol. The van der Waals surface area contributed by atoms with Crippen LogP contribution in [0.25, 0.3) is 0 Å². The topological polar surface area (TPSA) is 39.1 Å². The number of aromatic nitrogens is 2. The molecule has 0 aromatic carbocycles. The quantitative estimate of drug-likeness (QED) is 0.748. The Morgan fingerprint density at radius 3 is 2.81 bits per heavy atom. The van der Waals surface area contributed by atoms with E-state index < -0.39 is 0 Å². The van der Waals surface area contributed by atoms with E-state index in [1.54, 1.807) is 7.11 Å². The largest absolute Gasteiger partial charge is 0.383 e. The lowest BCUT2D eigenvalue weighted by atomic mass is 9.96. The van der Waals surface area contributed by atoms with Crippen LogP contribution in [-0.4, -0.2) is 36.1 Å². The van der Waals surface area contributed by atoms with Crippen LogP contribution in [0.15, 0.2) is 12.3 Å². The van der Waals surface area contributed by atoms with E-state index >= 15 is 0 Å². The Kier molecular flexibility index (Phi) is 6.71. The third-order valence-corrected chi connectivity index (χ3v) is 4.77. The Bertz CT molecular complexity index is 398. The third kappa shape index (κ3) is 5.11. The van der Waals surface area contributed by atoms with Crippen molar-refractivity contribution in [3.8, 4) is 0 Å². The van der Waals surface area contributed by atoms with Gasteiger partial charge in [-0.05, 0) is 38.2 Å². The van der Waals surface area contributed by atoms with Crippen LogP contribution in [0.1, 0.15) is 57.7 Å². The number of rotatable bonds is 8. The molecule has 1 saturated carbocycles. The van der Waals surface area contributed by atoms with E-state index in [0.717, 1.165) is 19.6 Å². The lowest BCUT2D eigenvalue weighted by molar-refractivity contribution is 0.192. The van der Waals surface area contributed by atoms with Crippen molar-refractivity contribution in [2.45, 2.75) is 64.5 Å². The van der Waals surface area contributed by atoms with Gasteiger partial charge < -0.3 is 10.1 Å². The molecule has 4 heteroatoms. The number of nitrogens with one attached hydrogen (secondary N) is 1. The summed E-state index contributed by atoms with van der Waals surface area (Å²) < 4.78 is 7.30. The fraction of sp³-hybridized carbons (Fsp3) is 0.824. The van der Waals surface area contributed by atoms with E-state index in [0.29, 0.717) is 18.0 Å². The molecule has 0 saturated heterocycles. The maximum absolute atomic E-state index is 5.08. The molecule has 1 fully saturated rings. The molecule has 2 unspecified atom stereocenters. The first-order valence-corrected chi connectivity index (χ1v) is 8.47. The highest BCUT2D eigenvalue weighted by Gasteiger charge is 2.18. The zero-order valence-electron chi connectivity index (χ0n) is 13.8. The summed E-state index contributed by atoms with van der Waals surface area (Å²) in [5.41, 5.74) is 1.23. The summed E-state index contributed by atoms with van der Waals surface area (Å²) in [6.45, 7) is 6.23. The van der Waals surface area contributed by atoms with Gasteiger partial charge in [0.05, 0.1) is 18.3 Å². The molecule has 2 rings (SSSR count). The van der Waals surface area contributed by atoms with E-state index in [1.807, 2.05) is 0 Å². The molecule has 1 aliphatic carbocycles. The molecule has 0 spiro atoms. The van der Waals surface area contributed by atoms with Crippen LogP contribution in [0.4, 0.5) is 0 Å². The highest BCUT2D eigenvalue weighted by molar-refractivity contribution is 5.02. The molecule has 21 heavy (non-hydrogen) atoms. The predicted octanol–water partition coefficient (Wildman–Crippen LogP) is 3.19. The second-order valence-electron chi connectivity index (χ2n) is 6.50. The van der Waals surface area contributed by atoms with E-state index in [2.05, 4.69) is 36.1 Å². The van der Waals surface area contributed by atoms with Gasteiger partial charge in [-0.25, -0.2) is 0 Å². The minimum atomic E-state index is 0.486. The van der Waals surface area contributed by atoms with Gasteiger partial charge in [-0.15, -0.1) is 0 Å². The molecular weight excluding hydrogens is 262 g/mol. The van der Waals surface area contributed by atoms with Crippen molar-refractivity contribution in [2.75, 3.05) is 20.3 Å². The summed E-state index contributed by atoms with van der Waals surface area (Å²) in [5.74, 6) is 0.580. The Balaban J connectivity index is 1.80. The summed E-state index contributed by atoms with van der Waals surface area (Å²) in [7, 11) is 1.74. The highest BCUT2D eigenvalue weighted by Crippen LogP contribution is 2.27. The molecule has 1 aromatic heterocycles. The predicted molar refractivity (Wildman–Crippen MR) is 86.6 cm³/mol. The van der Waals surface area contributed by atoms with Gasteiger partial charge in [-0.3, -0.25) is 4.68 Å². The standard InChI is InChI=1S/C17H31N3O/c1-14(15(2)18-10-12-21-3)13-16-9-11-20(19-16)17-7-5-4-6-8-17/h9,11,14-15,17-18H,4-8,10,12-13H2,1-3H3. The van der Waals surface area contributed by atoms with Gasteiger partial charge >= 0.3 is 0 Å². The van der Waals surface area contributed by atoms with Gasteiger partial charge in [0.15, 0.2) is 0 Å². The summed E-state index contributed by atoms with van der Waals surface area (Å²) in [5, 5.41) is 8.33. The zero-order chi connectivity index (χ0) is 15.1. The molecule has 1 N–H and O–H groups in total. The molecule has 2 atom stereocenters. The van der Waals surface area contributed by atoms with Crippen molar-refractivity contribution in [1.29, 1.82) is 0 Å². The van der Waals surface area contributed by atoms with Gasteiger partial charge in [-0.2, -0.15) is 5.10 Å². The summed E-state index contributed by atoms with van der Waals surface area (Å²) in [6, 6.07) is 3.33. The Morgan fingerprint density at radius 2 is 2.10 bits per heavy atom. The van der Waals surface area contributed by atoms with E-state index in [1.165, 1.54) is 37.8 Å². The van der Waals surface area contributed by atoms with Crippen molar-refractivity contribution in [2.24, 2.45) is 5.92 Å². The third-order valence-electron chi connectivity index (χ3n) is 4.77. The second-order valence-corrected chi connectivity index (χ2v) is 6.50. The maximum Gasteiger partial charge on any atom is 0.0627 e. The van der Waals surface area contributed by atoms with Crippen LogP contribution < -0.4 is 5.32 Å². The number of ether oxygens (including phenoxy) is 1. The van der Waals surface area contributed by atoms with E-state index in [-0.39, 0.29) is 0 Å².